The molecule has 0 saturated heterocycles. The van der Waals surface area contributed by atoms with Crippen LogP contribution in [0.5, 0.6) is 0 Å². The van der Waals surface area contributed by atoms with E-state index in [0.717, 1.165) is 0 Å². The summed E-state index contributed by atoms with van der Waals surface area (Å²) < 4.78 is 25.5. The summed E-state index contributed by atoms with van der Waals surface area (Å²) in [6.45, 7) is 0. The topological polar surface area (TPSA) is 46.2 Å². The third kappa shape index (κ3) is 5.65. The maximum atomic E-state index is 13.4. The van der Waals surface area contributed by atoms with E-state index in [9.17, 15) is 18.4 Å². The molecule has 0 aromatic heterocycles. The van der Waals surface area contributed by atoms with E-state index in [1.54, 1.807) is 24.3 Å². The summed E-state index contributed by atoms with van der Waals surface area (Å²) in [4.78, 5) is 25.8. The fourth-order valence-electron chi connectivity index (χ4n) is 4.54. The van der Waals surface area contributed by atoms with Gasteiger partial charge in [0.15, 0.2) is 5.78 Å². The lowest BCUT2D eigenvalue weighted by Crippen LogP contribution is -2.25. The van der Waals surface area contributed by atoms with Crippen LogP contribution in [0.25, 0.3) is 0 Å². The number of Topliss-reactive ketones (excluding diaryl/α,β-unsaturated/α-hetero) is 1. The van der Waals surface area contributed by atoms with E-state index in [2.05, 4.69) is 5.32 Å². The second kappa shape index (κ2) is 9.74. The molecule has 0 bridgehead atoms. The van der Waals surface area contributed by atoms with E-state index < -0.39 is 28.0 Å². The van der Waals surface area contributed by atoms with Gasteiger partial charge in [-0.1, -0.05) is 34.8 Å². The minimum atomic E-state index is -2.65. The molecule has 2 atom stereocenters. The van der Waals surface area contributed by atoms with Crippen molar-refractivity contribution in [1.82, 2.24) is 0 Å². The van der Waals surface area contributed by atoms with E-state index in [4.69, 9.17) is 58.0 Å². The average Bonchev–Trinajstić information content (AvgIpc) is 3.32. The highest BCUT2D eigenvalue weighted by Crippen LogP contribution is 2.65. The van der Waals surface area contributed by atoms with Crippen molar-refractivity contribution >= 4 is 75.4 Å². The number of nitrogens with one attached hydrogen (secondary N) is 1. The Kier molecular flexibility index (Phi) is 7.44. The molecule has 0 radical (unpaired) electrons. The molecule has 0 aliphatic heterocycles. The predicted molar refractivity (Wildman–Crippen MR) is 133 cm³/mol. The van der Waals surface area contributed by atoms with E-state index in [1.165, 1.54) is 12.1 Å². The van der Waals surface area contributed by atoms with Gasteiger partial charge < -0.3 is 5.32 Å². The molecule has 1 N–H and O–H groups in total. The SMILES string of the molecule is O=C(CC1CCC(F)(F)CC1)c1cc(NC(=O)C2C(c3cc(Cl)cc(Cl)c3)C2(Cl)Cl)ccc1Cl. The van der Waals surface area contributed by atoms with E-state index in [0.29, 0.717) is 21.3 Å². The van der Waals surface area contributed by atoms with Gasteiger partial charge in [0.1, 0.15) is 4.33 Å². The summed E-state index contributed by atoms with van der Waals surface area (Å²) in [5, 5.41) is 3.78. The van der Waals surface area contributed by atoms with Crippen LogP contribution in [-0.2, 0) is 4.79 Å². The number of amides is 1. The molecule has 2 aliphatic rings. The molecule has 2 aromatic carbocycles. The Balaban J connectivity index is 1.45. The van der Waals surface area contributed by atoms with Crippen LogP contribution in [0, 0.1) is 11.8 Å². The van der Waals surface area contributed by atoms with Gasteiger partial charge in [-0.3, -0.25) is 9.59 Å². The molecule has 34 heavy (non-hydrogen) atoms. The Hall–Kier alpha value is -1.11. The van der Waals surface area contributed by atoms with E-state index >= 15 is 0 Å². The molecule has 0 spiro atoms. The molecule has 182 valence electrons. The zero-order chi connectivity index (χ0) is 24.8. The number of anilines is 1. The van der Waals surface area contributed by atoms with Crippen molar-refractivity contribution in [3.05, 3.63) is 62.6 Å². The normalized spacial score (nSPS) is 23.4. The third-order valence-corrected chi connectivity index (χ3v) is 8.13. The predicted octanol–water partition coefficient (Wildman–Crippen LogP) is 8.57. The summed E-state index contributed by atoms with van der Waals surface area (Å²) >= 11 is 31.2. The number of rotatable bonds is 6. The highest BCUT2D eigenvalue weighted by Gasteiger charge is 2.67. The molecule has 2 unspecified atom stereocenters. The summed E-state index contributed by atoms with van der Waals surface area (Å²) in [5.41, 5.74) is 1.23. The van der Waals surface area contributed by atoms with Gasteiger partial charge in [0.05, 0.1) is 10.9 Å². The molecule has 2 saturated carbocycles. The van der Waals surface area contributed by atoms with Crippen molar-refractivity contribution in [1.29, 1.82) is 0 Å². The minimum absolute atomic E-state index is 0.119. The monoisotopic (exact) mass is 567 g/mol. The van der Waals surface area contributed by atoms with Gasteiger partial charge in [0.2, 0.25) is 11.8 Å². The van der Waals surface area contributed by atoms with Crippen LogP contribution in [0.15, 0.2) is 36.4 Å². The Morgan fingerprint density at radius 3 is 2.21 bits per heavy atom. The van der Waals surface area contributed by atoms with E-state index in [-0.39, 0.29) is 54.4 Å². The molecule has 1 amide bonds. The number of ketones is 1. The number of carbonyl (C=O) groups is 2. The first-order valence-electron chi connectivity index (χ1n) is 10.7. The fourth-order valence-corrected chi connectivity index (χ4v) is 6.13. The van der Waals surface area contributed by atoms with Crippen molar-refractivity contribution in [3.63, 3.8) is 0 Å². The van der Waals surface area contributed by atoms with Crippen molar-refractivity contribution < 1.29 is 18.4 Å². The van der Waals surface area contributed by atoms with Gasteiger partial charge >= 0.3 is 0 Å². The lowest BCUT2D eigenvalue weighted by molar-refractivity contribution is -0.117. The van der Waals surface area contributed by atoms with Crippen LogP contribution in [0.1, 0.15) is 53.9 Å². The summed E-state index contributed by atoms with van der Waals surface area (Å²) in [5.74, 6) is -4.72. The molecule has 4 rings (SSSR count). The summed E-state index contributed by atoms with van der Waals surface area (Å²) in [7, 11) is 0. The smallest absolute Gasteiger partial charge is 0.248 e. The molecule has 2 aliphatic carbocycles. The first-order valence-corrected chi connectivity index (χ1v) is 12.6. The van der Waals surface area contributed by atoms with Crippen LogP contribution in [0.2, 0.25) is 15.1 Å². The van der Waals surface area contributed by atoms with Crippen LogP contribution in [-0.4, -0.2) is 21.9 Å². The molecule has 0 heterocycles. The van der Waals surface area contributed by atoms with Crippen LogP contribution >= 0.6 is 58.0 Å². The molecule has 3 nitrogen and oxygen atoms in total. The van der Waals surface area contributed by atoms with Crippen molar-refractivity contribution in [2.75, 3.05) is 5.32 Å². The quantitative estimate of drug-likeness (QED) is 0.280. The van der Waals surface area contributed by atoms with E-state index in [1.807, 2.05) is 0 Å². The number of halogens is 7. The van der Waals surface area contributed by atoms with Crippen molar-refractivity contribution in [3.8, 4) is 0 Å². The zero-order valence-corrected chi connectivity index (χ0v) is 21.5. The number of benzene rings is 2. The van der Waals surface area contributed by atoms with Crippen molar-refractivity contribution in [2.45, 2.75) is 48.3 Å². The largest absolute Gasteiger partial charge is 0.326 e. The molecule has 2 aromatic rings. The number of carbonyl (C=O) groups excluding carboxylic acids is 2. The Morgan fingerprint density at radius 2 is 1.59 bits per heavy atom. The summed E-state index contributed by atoms with van der Waals surface area (Å²) in [6, 6.07) is 9.44. The molecule has 10 heteroatoms. The van der Waals surface area contributed by atoms with Gasteiger partial charge in [-0.15, -0.1) is 23.2 Å². The fraction of sp³-hybridized carbons (Fsp3) is 0.417. The average molecular weight is 570 g/mol. The Labute approximate surface area is 221 Å². The lowest BCUT2D eigenvalue weighted by Gasteiger charge is -2.27. The Bertz CT molecular complexity index is 1110. The third-order valence-electron chi connectivity index (χ3n) is 6.43. The lowest BCUT2D eigenvalue weighted by atomic mass is 9.83. The molecule has 2 fully saturated rings. The molecular weight excluding hydrogens is 550 g/mol. The first-order chi connectivity index (χ1) is 15.9. The number of alkyl halides is 4. The van der Waals surface area contributed by atoms with Crippen LogP contribution in [0.3, 0.4) is 0 Å². The second-order valence-electron chi connectivity index (χ2n) is 8.94. The van der Waals surface area contributed by atoms with Gasteiger partial charge in [-0.2, -0.15) is 0 Å². The molecular formula is C24H20Cl5F2NO2. The maximum Gasteiger partial charge on any atom is 0.248 e. The highest BCUT2D eigenvalue weighted by molar-refractivity contribution is 6.53. The highest BCUT2D eigenvalue weighted by atomic mass is 35.5. The number of hydrogen-bond acceptors (Lipinski definition) is 2. The maximum absolute atomic E-state index is 13.4. The van der Waals surface area contributed by atoms with Gasteiger partial charge in [0, 0.05) is 46.5 Å². The second-order valence-corrected chi connectivity index (χ2v) is 11.7. The van der Waals surface area contributed by atoms with Gasteiger partial charge in [-0.05, 0) is 60.7 Å². The van der Waals surface area contributed by atoms with Crippen LogP contribution < -0.4 is 5.32 Å². The van der Waals surface area contributed by atoms with Gasteiger partial charge in [-0.25, -0.2) is 8.78 Å². The zero-order valence-electron chi connectivity index (χ0n) is 17.7. The Morgan fingerprint density at radius 1 is 0.971 bits per heavy atom. The number of hydrogen-bond donors (Lipinski definition) is 1. The van der Waals surface area contributed by atoms with Crippen molar-refractivity contribution in [2.24, 2.45) is 11.8 Å². The first kappa shape index (κ1) is 26.0. The minimum Gasteiger partial charge on any atom is -0.326 e. The standard InChI is InChI=1S/C24H20Cl5F2NO2/c25-14-8-13(9-15(26)10-14)20-21(24(20,28)29)22(34)32-16-1-2-18(27)17(11-16)19(33)7-12-3-5-23(30,31)6-4-12/h1-2,8-12,20-21H,3-7H2,(H,32,34). The van der Waals surface area contributed by atoms with Gasteiger partial charge in [0.25, 0.3) is 0 Å². The summed E-state index contributed by atoms with van der Waals surface area (Å²) in [6.07, 6.45) is 0.273. The van der Waals surface area contributed by atoms with Crippen LogP contribution in [0.4, 0.5) is 14.5 Å².